The number of rotatable bonds is 6. The van der Waals surface area contributed by atoms with Crippen LogP contribution >= 0.6 is 11.3 Å². The van der Waals surface area contributed by atoms with Crippen LogP contribution in [0.1, 0.15) is 0 Å². The predicted molar refractivity (Wildman–Crippen MR) is 213 cm³/mol. The molecule has 0 radical (unpaired) electrons. The lowest BCUT2D eigenvalue weighted by molar-refractivity contribution is 0.939. The standard InChI is InChI=1S/C45H29N5S/c1-2-8-30(9-3-1)31-14-19-34(20-15-31)49(36-23-24-39-38-11-5-7-13-43(38)51-44(39)27-36)35-21-16-32(17-22-35)33-18-25-42-40(26-33)37-10-4-6-12-41(37)50(42)45-47-28-46-29-48-45/h1-29H. The van der Waals surface area contributed by atoms with E-state index >= 15 is 0 Å². The van der Waals surface area contributed by atoms with Gasteiger partial charge in [0.1, 0.15) is 12.7 Å². The van der Waals surface area contributed by atoms with Crippen LogP contribution in [0, 0.1) is 0 Å². The number of fused-ring (bicyclic) bond motifs is 6. The highest BCUT2D eigenvalue weighted by atomic mass is 32.1. The minimum absolute atomic E-state index is 0.610. The number of nitrogens with zero attached hydrogens (tertiary/aromatic N) is 5. The van der Waals surface area contributed by atoms with E-state index in [2.05, 4.69) is 188 Å². The zero-order chi connectivity index (χ0) is 33.7. The molecule has 7 aromatic carbocycles. The van der Waals surface area contributed by atoms with Crippen molar-refractivity contribution in [2.45, 2.75) is 0 Å². The molecular weight excluding hydrogens is 643 g/mol. The number of para-hydroxylation sites is 1. The van der Waals surface area contributed by atoms with Crippen molar-refractivity contribution in [3.63, 3.8) is 0 Å². The van der Waals surface area contributed by atoms with Gasteiger partial charge >= 0.3 is 0 Å². The second-order valence-corrected chi connectivity index (χ2v) is 13.7. The molecule has 0 saturated heterocycles. The lowest BCUT2D eigenvalue weighted by Crippen LogP contribution is -2.09. The summed E-state index contributed by atoms with van der Waals surface area (Å²) in [5, 5.41) is 4.92. The first-order valence-electron chi connectivity index (χ1n) is 16.9. The van der Waals surface area contributed by atoms with Gasteiger partial charge in [0, 0.05) is 48.0 Å². The molecule has 0 bridgehead atoms. The summed E-state index contributed by atoms with van der Waals surface area (Å²) >= 11 is 1.85. The largest absolute Gasteiger partial charge is 0.310 e. The molecule has 3 aromatic heterocycles. The van der Waals surface area contributed by atoms with E-state index in [0.717, 1.165) is 50.0 Å². The maximum absolute atomic E-state index is 4.46. The van der Waals surface area contributed by atoms with E-state index in [1.54, 1.807) is 12.7 Å². The Hall–Kier alpha value is -6.63. The van der Waals surface area contributed by atoms with Crippen molar-refractivity contribution < 1.29 is 0 Å². The molecule has 10 aromatic rings. The lowest BCUT2D eigenvalue weighted by atomic mass is 10.0. The summed E-state index contributed by atoms with van der Waals surface area (Å²) in [6.45, 7) is 0. The zero-order valence-electron chi connectivity index (χ0n) is 27.4. The van der Waals surface area contributed by atoms with Crippen molar-refractivity contribution >= 4 is 70.4 Å². The predicted octanol–water partition coefficient (Wildman–Crippen LogP) is 12.1. The van der Waals surface area contributed by atoms with Crippen LogP contribution in [0.4, 0.5) is 17.1 Å². The molecule has 0 N–H and O–H groups in total. The molecule has 0 aliphatic carbocycles. The van der Waals surface area contributed by atoms with Crippen LogP contribution < -0.4 is 4.90 Å². The Bertz CT molecular complexity index is 2840. The maximum atomic E-state index is 4.46. The lowest BCUT2D eigenvalue weighted by Gasteiger charge is -2.26. The second kappa shape index (κ2) is 12.1. The van der Waals surface area contributed by atoms with E-state index in [9.17, 15) is 0 Å². The average molecular weight is 672 g/mol. The van der Waals surface area contributed by atoms with Crippen molar-refractivity contribution in [1.29, 1.82) is 0 Å². The average Bonchev–Trinajstić information content (AvgIpc) is 3.74. The van der Waals surface area contributed by atoms with Crippen LogP contribution in [0.3, 0.4) is 0 Å². The Morgan fingerprint density at radius 3 is 1.75 bits per heavy atom. The normalized spacial score (nSPS) is 11.5. The van der Waals surface area contributed by atoms with Crippen LogP contribution in [-0.4, -0.2) is 19.5 Å². The molecule has 6 heteroatoms. The molecule has 0 aliphatic rings. The van der Waals surface area contributed by atoms with Crippen molar-refractivity contribution in [2.75, 3.05) is 4.90 Å². The number of thiophene rings is 1. The monoisotopic (exact) mass is 671 g/mol. The Balaban J connectivity index is 1.07. The van der Waals surface area contributed by atoms with Crippen LogP contribution in [-0.2, 0) is 0 Å². The van der Waals surface area contributed by atoms with Crippen LogP contribution in [0.2, 0.25) is 0 Å². The van der Waals surface area contributed by atoms with Gasteiger partial charge in [0.15, 0.2) is 0 Å². The number of hydrogen-bond acceptors (Lipinski definition) is 5. The fourth-order valence-electron chi connectivity index (χ4n) is 7.25. The molecular formula is C45H29N5S. The quantitative estimate of drug-likeness (QED) is 0.176. The smallest absolute Gasteiger partial charge is 0.237 e. The summed E-state index contributed by atoms with van der Waals surface area (Å²) in [4.78, 5) is 15.3. The van der Waals surface area contributed by atoms with Crippen molar-refractivity contribution in [3.05, 3.63) is 176 Å². The summed E-state index contributed by atoms with van der Waals surface area (Å²) in [6, 6.07) is 58.9. The molecule has 0 atom stereocenters. The fraction of sp³-hybridized carbons (Fsp3) is 0. The highest BCUT2D eigenvalue weighted by Gasteiger charge is 2.17. The Morgan fingerprint density at radius 2 is 0.980 bits per heavy atom. The van der Waals surface area contributed by atoms with E-state index in [-0.39, 0.29) is 0 Å². The van der Waals surface area contributed by atoms with E-state index < -0.39 is 0 Å². The van der Waals surface area contributed by atoms with E-state index in [4.69, 9.17) is 0 Å². The van der Waals surface area contributed by atoms with E-state index in [1.165, 1.54) is 31.3 Å². The number of benzene rings is 7. The summed E-state index contributed by atoms with van der Waals surface area (Å²) in [5.41, 5.74) is 10.2. The molecule has 10 rings (SSSR count). The first kappa shape index (κ1) is 29.3. The minimum Gasteiger partial charge on any atom is -0.310 e. The van der Waals surface area contributed by atoms with Gasteiger partial charge in [0.25, 0.3) is 0 Å². The van der Waals surface area contributed by atoms with Crippen LogP contribution in [0.15, 0.2) is 176 Å². The summed E-state index contributed by atoms with van der Waals surface area (Å²) in [7, 11) is 0. The molecule has 0 fully saturated rings. The van der Waals surface area contributed by atoms with Gasteiger partial charge in [-0.1, -0.05) is 103 Å². The molecule has 0 saturated carbocycles. The van der Waals surface area contributed by atoms with Crippen molar-refractivity contribution in [3.8, 4) is 28.2 Å². The van der Waals surface area contributed by atoms with Gasteiger partial charge in [-0.3, -0.25) is 4.57 Å². The Kier molecular flexibility index (Phi) is 6.93. The molecule has 0 unspecified atom stereocenters. The number of aromatic nitrogens is 4. The van der Waals surface area contributed by atoms with Crippen molar-refractivity contribution in [2.24, 2.45) is 0 Å². The van der Waals surface area contributed by atoms with Gasteiger partial charge in [0.05, 0.1) is 11.0 Å². The van der Waals surface area contributed by atoms with Gasteiger partial charge in [-0.25, -0.2) is 15.0 Å². The molecule has 0 aliphatic heterocycles. The zero-order valence-corrected chi connectivity index (χ0v) is 28.2. The van der Waals surface area contributed by atoms with Gasteiger partial charge in [-0.05, 0) is 82.9 Å². The van der Waals surface area contributed by atoms with Crippen molar-refractivity contribution in [1.82, 2.24) is 19.5 Å². The molecule has 5 nitrogen and oxygen atoms in total. The minimum atomic E-state index is 0.610. The first-order valence-corrected chi connectivity index (χ1v) is 17.7. The van der Waals surface area contributed by atoms with Crippen LogP contribution in [0.25, 0.3) is 70.2 Å². The topological polar surface area (TPSA) is 46.8 Å². The number of hydrogen-bond donors (Lipinski definition) is 0. The molecule has 51 heavy (non-hydrogen) atoms. The summed E-state index contributed by atoms with van der Waals surface area (Å²) < 4.78 is 4.69. The molecule has 0 spiro atoms. The molecule has 0 amide bonds. The molecule has 240 valence electrons. The maximum Gasteiger partial charge on any atom is 0.237 e. The highest BCUT2D eigenvalue weighted by Crippen LogP contribution is 2.42. The number of anilines is 3. The second-order valence-electron chi connectivity index (χ2n) is 12.6. The SMILES string of the molecule is c1ccc(-c2ccc(N(c3ccc(-c4ccc5c(c4)c4ccccc4n5-c4ncncn4)cc3)c3ccc4c(c3)sc3ccccc34)cc2)cc1. The third-order valence-electron chi connectivity index (χ3n) is 9.66. The van der Waals surface area contributed by atoms with Crippen LogP contribution in [0.5, 0.6) is 0 Å². The summed E-state index contributed by atoms with van der Waals surface area (Å²) in [6.07, 6.45) is 3.08. The van der Waals surface area contributed by atoms with Gasteiger partial charge in [-0.2, -0.15) is 0 Å². The van der Waals surface area contributed by atoms with E-state index in [0.29, 0.717) is 5.95 Å². The Morgan fingerprint density at radius 1 is 0.412 bits per heavy atom. The third kappa shape index (κ3) is 5.04. The molecule has 3 heterocycles. The van der Waals surface area contributed by atoms with Gasteiger partial charge in [0.2, 0.25) is 5.95 Å². The first-order chi connectivity index (χ1) is 25.3. The third-order valence-corrected chi connectivity index (χ3v) is 10.8. The Labute approximate surface area is 298 Å². The fourth-order valence-corrected chi connectivity index (χ4v) is 8.39. The van der Waals surface area contributed by atoms with Gasteiger partial charge < -0.3 is 4.90 Å². The van der Waals surface area contributed by atoms with E-state index in [1.807, 2.05) is 11.3 Å². The highest BCUT2D eigenvalue weighted by molar-refractivity contribution is 7.25. The summed E-state index contributed by atoms with van der Waals surface area (Å²) in [5.74, 6) is 0.610. The van der Waals surface area contributed by atoms with Gasteiger partial charge in [-0.15, -0.1) is 11.3 Å².